The van der Waals surface area contributed by atoms with Gasteiger partial charge in [-0.2, -0.15) is 10.2 Å². The van der Waals surface area contributed by atoms with Gasteiger partial charge in [0.05, 0.1) is 23.5 Å². The smallest absolute Gasteiger partial charge is 0.221 e. The van der Waals surface area contributed by atoms with Gasteiger partial charge in [-0.3, -0.25) is 14.4 Å². The van der Waals surface area contributed by atoms with Gasteiger partial charge in [0.2, 0.25) is 17.5 Å². The number of nitrogens with one attached hydrogen (secondary N) is 1. The number of allylic oxidation sites excluding steroid dienone is 2. The van der Waals surface area contributed by atoms with Gasteiger partial charge >= 0.3 is 0 Å². The van der Waals surface area contributed by atoms with E-state index in [0.29, 0.717) is 0 Å². The van der Waals surface area contributed by atoms with Gasteiger partial charge in [-0.05, 0) is 0 Å². The quantitative estimate of drug-likeness (QED) is 0.652. The molecule has 2 rings (SSSR count). The van der Waals surface area contributed by atoms with Crippen LogP contribution in [0.3, 0.4) is 0 Å². The van der Waals surface area contributed by atoms with Crippen LogP contribution in [0.4, 0.5) is 0 Å². The van der Waals surface area contributed by atoms with Crippen LogP contribution in [0.1, 0.15) is 27.6 Å². The van der Waals surface area contributed by atoms with E-state index in [1.807, 2.05) is 0 Å². The molecule has 0 unspecified atom stereocenters. The monoisotopic (exact) mass is 232 g/mol. The van der Waals surface area contributed by atoms with Crippen molar-refractivity contribution in [3.63, 3.8) is 0 Å². The van der Waals surface area contributed by atoms with E-state index in [0.717, 1.165) is 0 Å². The van der Waals surface area contributed by atoms with Gasteiger partial charge in [0, 0.05) is 6.92 Å². The van der Waals surface area contributed by atoms with E-state index >= 15 is 0 Å². The van der Waals surface area contributed by atoms with Crippen LogP contribution < -0.4 is 11.1 Å². The lowest BCUT2D eigenvalue weighted by molar-refractivity contribution is -0.118. The maximum absolute atomic E-state index is 11.9. The van der Waals surface area contributed by atoms with Gasteiger partial charge in [-0.15, -0.1) is 0 Å². The summed E-state index contributed by atoms with van der Waals surface area (Å²) >= 11 is 0. The number of fused-ring (bicyclic) bond motifs is 1. The Bertz CT molecular complexity index is 577. The average molecular weight is 232 g/mol. The third kappa shape index (κ3) is 1.67. The molecule has 0 aromatic carbocycles. The molecule has 1 aliphatic carbocycles. The predicted molar refractivity (Wildman–Crippen MR) is 55.7 cm³/mol. The average Bonchev–Trinajstić information content (AvgIpc) is 2.31. The molecular weight excluding hydrogens is 224 g/mol. The minimum absolute atomic E-state index is 0.0861. The van der Waals surface area contributed by atoms with Crippen LogP contribution in [-0.4, -0.2) is 27.7 Å². The molecule has 1 aromatic heterocycles. The Balaban J connectivity index is 2.58. The number of nitrogens with zero attached hydrogens (tertiary/aromatic N) is 2. The van der Waals surface area contributed by atoms with E-state index in [-0.39, 0.29) is 22.5 Å². The molecule has 7 nitrogen and oxygen atoms in total. The highest BCUT2D eigenvalue weighted by molar-refractivity contribution is 6.26. The Labute approximate surface area is 95.7 Å². The first kappa shape index (κ1) is 10.9. The number of aromatic nitrogens is 2. The van der Waals surface area contributed by atoms with Crippen molar-refractivity contribution in [2.24, 2.45) is 5.73 Å². The number of amides is 1. The summed E-state index contributed by atoms with van der Waals surface area (Å²) in [5.41, 5.74) is 5.21. The van der Waals surface area contributed by atoms with E-state index < -0.39 is 17.5 Å². The molecule has 0 saturated carbocycles. The number of ketones is 2. The molecule has 1 heterocycles. The molecule has 1 amide bonds. The predicted octanol–water partition coefficient (Wildman–Crippen LogP) is -0.838. The molecule has 0 aliphatic heterocycles. The van der Waals surface area contributed by atoms with Crippen molar-refractivity contribution in [3.05, 3.63) is 34.9 Å². The first-order valence-corrected chi connectivity index (χ1v) is 4.69. The molecular formula is C10H8N4O3. The van der Waals surface area contributed by atoms with Crippen molar-refractivity contribution in [1.29, 1.82) is 0 Å². The maximum Gasteiger partial charge on any atom is 0.221 e. The summed E-state index contributed by atoms with van der Waals surface area (Å²) in [6.45, 7) is 1.22. The second-order valence-electron chi connectivity index (χ2n) is 3.44. The molecule has 0 radical (unpaired) electrons. The van der Waals surface area contributed by atoms with E-state index in [1.54, 1.807) is 0 Å². The van der Waals surface area contributed by atoms with Crippen LogP contribution >= 0.6 is 0 Å². The Morgan fingerprint density at radius 3 is 2.24 bits per heavy atom. The molecule has 0 atom stereocenters. The lowest BCUT2D eigenvalue weighted by atomic mass is 9.93. The summed E-state index contributed by atoms with van der Waals surface area (Å²) in [7, 11) is 0. The third-order valence-corrected chi connectivity index (χ3v) is 2.26. The molecule has 7 heteroatoms. The van der Waals surface area contributed by atoms with Crippen molar-refractivity contribution in [3.8, 4) is 0 Å². The molecule has 86 valence electrons. The summed E-state index contributed by atoms with van der Waals surface area (Å²) in [4.78, 5) is 34.7. The zero-order chi connectivity index (χ0) is 12.6. The highest BCUT2D eigenvalue weighted by Gasteiger charge is 2.31. The van der Waals surface area contributed by atoms with Crippen molar-refractivity contribution >= 4 is 17.5 Å². The second kappa shape index (κ2) is 3.78. The Morgan fingerprint density at radius 1 is 1.18 bits per heavy atom. The molecule has 1 aliphatic rings. The van der Waals surface area contributed by atoms with Gasteiger partial charge in [0.15, 0.2) is 0 Å². The second-order valence-corrected chi connectivity index (χ2v) is 3.44. The lowest BCUT2D eigenvalue weighted by Crippen LogP contribution is -2.35. The van der Waals surface area contributed by atoms with E-state index in [4.69, 9.17) is 5.73 Å². The van der Waals surface area contributed by atoms with Gasteiger partial charge < -0.3 is 11.1 Å². The number of rotatable bonds is 1. The first-order valence-electron chi connectivity index (χ1n) is 4.69. The minimum Gasteiger partial charge on any atom is -0.394 e. The first-order chi connectivity index (χ1) is 8.02. The number of nitrogens with two attached hydrogens (primary N) is 1. The summed E-state index contributed by atoms with van der Waals surface area (Å²) < 4.78 is 0. The van der Waals surface area contributed by atoms with Crippen LogP contribution in [0.15, 0.2) is 23.8 Å². The highest BCUT2D eigenvalue weighted by atomic mass is 16.2. The zero-order valence-corrected chi connectivity index (χ0v) is 8.85. The molecule has 0 fully saturated rings. The van der Waals surface area contributed by atoms with Gasteiger partial charge in [0.1, 0.15) is 11.4 Å². The lowest BCUT2D eigenvalue weighted by Gasteiger charge is -2.17. The Kier molecular flexibility index (Phi) is 2.43. The molecule has 0 spiro atoms. The standard InChI is InChI=1S/C10H8N4O3/c1-4(15)14-8-7(11)9(16)5-2-12-13-3-6(5)10(8)17/h2-3H,11H2,1H3,(H,14,15). The van der Waals surface area contributed by atoms with Crippen molar-refractivity contribution in [2.45, 2.75) is 6.92 Å². The zero-order valence-electron chi connectivity index (χ0n) is 8.85. The molecule has 0 bridgehead atoms. The molecule has 1 aromatic rings. The fraction of sp³-hybridized carbons (Fsp3) is 0.100. The van der Waals surface area contributed by atoms with Crippen LogP contribution in [0, 0.1) is 0 Å². The topological polar surface area (TPSA) is 115 Å². The third-order valence-electron chi connectivity index (χ3n) is 2.26. The molecule has 3 N–H and O–H groups in total. The summed E-state index contributed by atoms with van der Waals surface area (Å²) in [6, 6.07) is 0. The van der Waals surface area contributed by atoms with Crippen LogP contribution in [0.5, 0.6) is 0 Å². The number of carbonyl (C=O) groups excluding carboxylic acids is 3. The van der Waals surface area contributed by atoms with Crippen LogP contribution in [0.2, 0.25) is 0 Å². The van der Waals surface area contributed by atoms with Gasteiger partial charge in [-0.25, -0.2) is 0 Å². The SMILES string of the molecule is CC(=O)NC1=C(N)C(=O)c2cnncc2C1=O. The fourth-order valence-corrected chi connectivity index (χ4v) is 1.50. The largest absolute Gasteiger partial charge is 0.394 e. The summed E-state index contributed by atoms with van der Waals surface area (Å²) in [6.07, 6.45) is 2.34. The van der Waals surface area contributed by atoms with Crippen LogP contribution in [0.25, 0.3) is 0 Å². The normalized spacial score (nSPS) is 14.6. The van der Waals surface area contributed by atoms with Crippen molar-refractivity contribution in [1.82, 2.24) is 15.5 Å². The number of hydrogen-bond donors (Lipinski definition) is 2. The summed E-state index contributed by atoms with van der Waals surface area (Å²) in [5.74, 6) is -1.56. The van der Waals surface area contributed by atoms with E-state index in [1.165, 1.54) is 19.3 Å². The number of hydrogen-bond acceptors (Lipinski definition) is 6. The maximum atomic E-state index is 11.9. The minimum atomic E-state index is -0.543. The fourth-order valence-electron chi connectivity index (χ4n) is 1.50. The van der Waals surface area contributed by atoms with Crippen molar-refractivity contribution in [2.75, 3.05) is 0 Å². The van der Waals surface area contributed by atoms with Gasteiger partial charge in [0.25, 0.3) is 0 Å². The molecule has 17 heavy (non-hydrogen) atoms. The van der Waals surface area contributed by atoms with Crippen molar-refractivity contribution < 1.29 is 14.4 Å². The van der Waals surface area contributed by atoms with E-state index in [2.05, 4.69) is 15.5 Å². The van der Waals surface area contributed by atoms with E-state index in [9.17, 15) is 14.4 Å². The summed E-state index contributed by atoms with van der Waals surface area (Å²) in [5, 5.41) is 9.29. The van der Waals surface area contributed by atoms with Gasteiger partial charge in [-0.1, -0.05) is 0 Å². The number of Topliss-reactive ketones (excluding diaryl/α,β-unsaturated/α-hetero) is 2. The highest BCUT2D eigenvalue weighted by Crippen LogP contribution is 2.20. The Hall–Kier alpha value is -2.57. The Morgan fingerprint density at radius 2 is 1.71 bits per heavy atom. The van der Waals surface area contributed by atoms with Crippen LogP contribution in [-0.2, 0) is 4.79 Å². The molecule has 0 saturated heterocycles. The number of carbonyl (C=O) groups is 3.